The first-order valence-corrected chi connectivity index (χ1v) is 4.84. The molecule has 1 heterocycles. The average molecular weight is 223 g/mol. The molecule has 0 saturated carbocycles. The molecule has 2 rings (SSSR count). The highest BCUT2D eigenvalue weighted by molar-refractivity contribution is 6.00. The topological polar surface area (TPSA) is 66.4 Å². The van der Waals surface area contributed by atoms with Crippen molar-refractivity contribution < 1.29 is 19.1 Å². The Morgan fingerprint density at radius 2 is 2.31 bits per heavy atom. The summed E-state index contributed by atoms with van der Waals surface area (Å²) in [7, 11) is 0. The maximum atomic E-state index is 12.7. The summed E-state index contributed by atoms with van der Waals surface area (Å²) < 4.78 is 12.7. The first-order chi connectivity index (χ1) is 7.63. The number of carbonyl (C=O) groups excluding carboxylic acids is 1. The van der Waals surface area contributed by atoms with Crippen LogP contribution in [-0.2, 0) is 16.3 Å². The van der Waals surface area contributed by atoms with Gasteiger partial charge in [0.05, 0.1) is 11.6 Å². The summed E-state index contributed by atoms with van der Waals surface area (Å²) in [5, 5.41) is 11.5. The fraction of sp³-hybridized carbons (Fsp3) is 0.273. The van der Waals surface area contributed by atoms with Crippen LogP contribution >= 0.6 is 0 Å². The summed E-state index contributed by atoms with van der Waals surface area (Å²) in [5.41, 5.74) is 1.10. The van der Waals surface area contributed by atoms with Gasteiger partial charge in [-0.1, -0.05) is 18.2 Å². The van der Waals surface area contributed by atoms with Crippen LogP contribution < -0.4 is 5.32 Å². The Kier molecular flexibility index (Phi) is 2.60. The number of nitrogens with one attached hydrogen (secondary N) is 1. The van der Waals surface area contributed by atoms with Gasteiger partial charge in [-0.05, 0) is 5.56 Å². The molecule has 0 aromatic heterocycles. The average Bonchev–Trinajstić information content (AvgIpc) is 2.27. The minimum absolute atomic E-state index is 0.0991. The number of alkyl halides is 1. The third kappa shape index (κ3) is 1.64. The summed E-state index contributed by atoms with van der Waals surface area (Å²) in [6.45, 7) is -0.726. The lowest BCUT2D eigenvalue weighted by Crippen LogP contribution is -2.28. The third-order valence-electron chi connectivity index (χ3n) is 2.65. The molecule has 0 saturated heterocycles. The number of para-hydroxylation sites is 1. The van der Waals surface area contributed by atoms with Gasteiger partial charge in [0, 0.05) is 12.0 Å². The van der Waals surface area contributed by atoms with Crippen LogP contribution in [0, 0.1) is 0 Å². The number of halogens is 1. The van der Waals surface area contributed by atoms with Crippen LogP contribution in [0.1, 0.15) is 23.5 Å². The number of carboxylic acids is 1. The predicted octanol–water partition coefficient (Wildman–Crippen LogP) is 1.67. The Morgan fingerprint density at radius 1 is 1.56 bits per heavy atom. The number of aliphatic carboxylic acids is 1. The van der Waals surface area contributed by atoms with E-state index in [1.807, 2.05) is 0 Å². The fourth-order valence-corrected chi connectivity index (χ4v) is 1.88. The number of hydrogen-bond donors (Lipinski definition) is 2. The zero-order chi connectivity index (χ0) is 11.7. The molecular formula is C11H10FNO3. The van der Waals surface area contributed by atoms with Crippen LogP contribution in [-0.4, -0.2) is 17.0 Å². The second-order valence-electron chi connectivity index (χ2n) is 3.66. The molecular weight excluding hydrogens is 213 g/mol. The monoisotopic (exact) mass is 223 g/mol. The van der Waals surface area contributed by atoms with Crippen molar-refractivity contribution in [2.24, 2.45) is 0 Å². The van der Waals surface area contributed by atoms with Crippen LogP contribution in [0.3, 0.4) is 0 Å². The SMILES string of the molecule is O=C1CC(C(=O)O)c2cccc(CF)c2N1. The molecule has 84 valence electrons. The minimum Gasteiger partial charge on any atom is -0.481 e. The van der Waals surface area contributed by atoms with Crippen molar-refractivity contribution in [3.05, 3.63) is 29.3 Å². The Bertz CT molecular complexity index is 459. The zero-order valence-corrected chi connectivity index (χ0v) is 8.37. The molecule has 0 aliphatic carbocycles. The van der Waals surface area contributed by atoms with Crippen molar-refractivity contribution in [2.45, 2.75) is 19.0 Å². The Hall–Kier alpha value is -1.91. The highest BCUT2D eigenvalue weighted by atomic mass is 19.1. The standard InChI is InChI=1S/C11H10FNO3/c12-5-6-2-1-3-7-8(11(15)16)4-9(14)13-10(6)7/h1-3,8H,4-5H2,(H,13,14)(H,15,16). The molecule has 1 aliphatic rings. The smallest absolute Gasteiger partial charge is 0.311 e. The van der Waals surface area contributed by atoms with E-state index >= 15 is 0 Å². The van der Waals surface area contributed by atoms with E-state index in [2.05, 4.69) is 5.32 Å². The van der Waals surface area contributed by atoms with E-state index < -0.39 is 18.6 Å². The van der Waals surface area contributed by atoms with Crippen LogP contribution in [0.5, 0.6) is 0 Å². The molecule has 4 nitrogen and oxygen atoms in total. The van der Waals surface area contributed by atoms with Gasteiger partial charge in [0.1, 0.15) is 6.67 Å². The maximum Gasteiger partial charge on any atom is 0.311 e. The maximum absolute atomic E-state index is 12.7. The van der Waals surface area contributed by atoms with E-state index in [-0.39, 0.29) is 12.3 Å². The van der Waals surface area contributed by atoms with Crippen LogP contribution in [0.15, 0.2) is 18.2 Å². The van der Waals surface area contributed by atoms with Crippen LogP contribution in [0.25, 0.3) is 0 Å². The van der Waals surface area contributed by atoms with E-state index in [0.717, 1.165) is 0 Å². The second kappa shape index (κ2) is 3.92. The van der Waals surface area contributed by atoms with E-state index in [1.54, 1.807) is 12.1 Å². The van der Waals surface area contributed by atoms with Gasteiger partial charge in [-0.15, -0.1) is 0 Å². The normalized spacial score (nSPS) is 18.8. The number of carboxylic acid groups (broad SMARTS) is 1. The van der Waals surface area contributed by atoms with E-state index in [4.69, 9.17) is 5.11 Å². The molecule has 1 unspecified atom stereocenters. The van der Waals surface area contributed by atoms with Gasteiger partial charge >= 0.3 is 5.97 Å². The summed E-state index contributed by atoms with van der Waals surface area (Å²) in [5.74, 6) is -2.33. The lowest BCUT2D eigenvalue weighted by Gasteiger charge is -2.24. The Labute approximate surface area is 91.1 Å². The van der Waals surface area contributed by atoms with Gasteiger partial charge in [0.15, 0.2) is 0 Å². The number of hydrogen-bond acceptors (Lipinski definition) is 2. The summed E-state index contributed by atoms with van der Waals surface area (Å²) >= 11 is 0. The number of carbonyl (C=O) groups is 2. The van der Waals surface area contributed by atoms with Gasteiger partial charge in [-0.3, -0.25) is 9.59 Å². The van der Waals surface area contributed by atoms with Gasteiger partial charge in [0.2, 0.25) is 5.91 Å². The number of benzene rings is 1. The molecule has 1 atom stereocenters. The third-order valence-corrected chi connectivity index (χ3v) is 2.65. The van der Waals surface area contributed by atoms with E-state index in [1.165, 1.54) is 6.07 Å². The van der Waals surface area contributed by atoms with Crippen LogP contribution in [0.4, 0.5) is 10.1 Å². The summed E-state index contributed by atoms with van der Waals surface area (Å²) in [6, 6.07) is 4.73. The lowest BCUT2D eigenvalue weighted by atomic mass is 9.89. The molecule has 1 aromatic rings. The molecule has 0 bridgehead atoms. The van der Waals surface area contributed by atoms with Crippen LogP contribution in [0.2, 0.25) is 0 Å². The van der Waals surface area contributed by atoms with Crippen molar-refractivity contribution in [2.75, 3.05) is 5.32 Å². The summed E-state index contributed by atoms with van der Waals surface area (Å²) in [4.78, 5) is 22.3. The minimum atomic E-state index is -1.06. The molecule has 0 radical (unpaired) electrons. The largest absolute Gasteiger partial charge is 0.481 e. The molecule has 1 aromatic carbocycles. The number of rotatable bonds is 2. The van der Waals surface area contributed by atoms with Gasteiger partial charge in [-0.2, -0.15) is 0 Å². The number of fused-ring (bicyclic) bond motifs is 1. The number of amides is 1. The van der Waals surface area contributed by atoms with E-state index in [9.17, 15) is 14.0 Å². The second-order valence-corrected chi connectivity index (χ2v) is 3.66. The quantitative estimate of drug-likeness (QED) is 0.801. The summed E-state index contributed by atoms with van der Waals surface area (Å²) in [6.07, 6.45) is -0.0991. The van der Waals surface area contributed by atoms with Gasteiger partial charge in [-0.25, -0.2) is 4.39 Å². The molecule has 2 N–H and O–H groups in total. The Balaban J connectivity index is 2.55. The van der Waals surface area contributed by atoms with Crippen molar-refractivity contribution >= 4 is 17.6 Å². The van der Waals surface area contributed by atoms with E-state index in [0.29, 0.717) is 16.8 Å². The zero-order valence-electron chi connectivity index (χ0n) is 8.37. The molecule has 1 aliphatic heterocycles. The van der Waals surface area contributed by atoms with Gasteiger partial charge < -0.3 is 10.4 Å². The first kappa shape index (κ1) is 10.6. The predicted molar refractivity (Wildman–Crippen MR) is 54.9 cm³/mol. The van der Waals surface area contributed by atoms with Crippen molar-refractivity contribution in [1.82, 2.24) is 0 Å². The Morgan fingerprint density at radius 3 is 2.94 bits per heavy atom. The van der Waals surface area contributed by atoms with Crippen molar-refractivity contribution in [1.29, 1.82) is 0 Å². The molecule has 0 fully saturated rings. The molecule has 16 heavy (non-hydrogen) atoms. The molecule has 1 amide bonds. The highest BCUT2D eigenvalue weighted by Gasteiger charge is 2.31. The van der Waals surface area contributed by atoms with Gasteiger partial charge in [0.25, 0.3) is 0 Å². The lowest BCUT2D eigenvalue weighted by molar-refractivity contribution is -0.140. The highest BCUT2D eigenvalue weighted by Crippen LogP contribution is 2.35. The number of anilines is 1. The first-order valence-electron chi connectivity index (χ1n) is 4.84. The molecule has 0 spiro atoms. The van der Waals surface area contributed by atoms with Crippen molar-refractivity contribution in [3.63, 3.8) is 0 Å². The van der Waals surface area contributed by atoms with Crippen molar-refractivity contribution in [3.8, 4) is 0 Å². The fourth-order valence-electron chi connectivity index (χ4n) is 1.88. The molecule has 5 heteroatoms.